The molecule has 0 aromatic rings. The first-order chi connectivity index (χ1) is 7.78. The van der Waals surface area contributed by atoms with Crippen molar-refractivity contribution in [2.24, 2.45) is 0 Å². The Kier molecular flexibility index (Phi) is 7.49. The van der Waals surface area contributed by atoms with Crippen LogP contribution in [0.25, 0.3) is 0 Å². The molecule has 100 valence electrons. The summed E-state index contributed by atoms with van der Waals surface area (Å²) in [4.78, 5) is 21.6. The second-order valence-electron chi connectivity index (χ2n) is 4.38. The largest absolute Gasteiger partial charge is 0.480 e. The molecule has 0 aliphatic carbocycles. The van der Waals surface area contributed by atoms with Crippen molar-refractivity contribution >= 4 is 32.0 Å². The highest BCUT2D eigenvalue weighted by Gasteiger charge is 2.22. The van der Waals surface area contributed by atoms with Crippen molar-refractivity contribution in [3.8, 4) is 0 Å². The first-order valence-electron chi connectivity index (χ1n) is 5.41. The molecule has 0 aliphatic heterocycles. The van der Waals surface area contributed by atoms with Crippen LogP contribution in [-0.2, 0) is 14.0 Å². The Hall–Kier alpha value is -0.533. The first-order valence-corrected chi connectivity index (χ1v) is 9.68. The number of hydrogen-bond donors (Lipinski definition) is 2. The van der Waals surface area contributed by atoms with Crippen LogP contribution in [0.1, 0.15) is 6.92 Å². The number of nitrogens with one attached hydrogen (secondary N) is 1. The van der Waals surface area contributed by atoms with Gasteiger partial charge in [-0.25, -0.2) is 4.79 Å². The number of aliphatic carboxylic acids is 1. The van der Waals surface area contributed by atoms with Crippen molar-refractivity contribution in [3.05, 3.63) is 0 Å². The number of thioether (sulfide) groups is 1. The van der Waals surface area contributed by atoms with Crippen molar-refractivity contribution in [1.29, 1.82) is 0 Å². The monoisotopic (exact) mass is 279 g/mol. The highest BCUT2D eigenvalue weighted by molar-refractivity contribution is 7.99. The minimum atomic E-state index is -1.56. The highest BCUT2D eigenvalue weighted by Crippen LogP contribution is 2.15. The Bertz CT molecular complexity index is 273. The van der Waals surface area contributed by atoms with Gasteiger partial charge in [0.2, 0.25) is 5.91 Å². The summed E-state index contributed by atoms with van der Waals surface area (Å²) in [6, 6.07) is 0.172. The predicted molar refractivity (Wildman–Crippen MR) is 71.9 cm³/mol. The Morgan fingerprint density at radius 2 is 2.06 bits per heavy atom. The van der Waals surface area contributed by atoms with Crippen LogP contribution < -0.4 is 5.32 Å². The van der Waals surface area contributed by atoms with Crippen LogP contribution in [0, 0.1) is 0 Å². The fourth-order valence-corrected chi connectivity index (χ4v) is 4.42. The molecular weight excluding hydrogens is 258 g/mol. The molecule has 0 rings (SSSR count). The van der Waals surface area contributed by atoms with Crippen molar-refractivity contribution in [2.75, 3.05) is 18.6 Å². The predicted octanol–water partition coefficient (Wildman–Crippen LogP) is 1.16. The van der Waals surface area contributed by atoms with Crippen molar-refractivity contribution in [1.82, 2.24) is 5.32 Å². The van der Waals surface area contributed by atoms with Gasteiger partial charge in [0.1, 0.15) is 6.04 Å². The maximum Gasteiger partial charge on any atom is 0.327 e. The van der Waals surface area contributed by atoms with Crippen molar-refractivity contribution in [2.45, 2.75) is 32.1 Å². The molecule has 2 N–H and O–H groups in total. The van der Waals surface area contributed by atoms with E-state index in [0.29, 0.717) is 5.75 Å². The molecule has 7 heteroatoms. The fraction of sp³-hybridized carbons (Fsp3) is 0.800. The van der Waals surface area contributed by atoms with Crippen molar-refractivity contribution in [3.63, 3.8) is 0 Å². The molecule has 1 amide bonds. The van der Waals surface area contributed by atoms with Crippen LogP contribution in [0.15, 0.2) is 0 Å². The van der Waals surface area contributed by atoms with Gasteiger partial charge in [-0.05, 0) is 24.9 Å². The Morgan fingerprint density at radius 1 is 1.47 bits per heavy atom. The van der Waals surface area contributed by atoms with E-state index in [0.717, 1.165) is 11.8 Å². The van der Waals surface area contributed by atoms with E-state index in [2.05, 4.69) is 18.4 Å². The zero-order valence-corrected chi connectivity index (χ0v) is 12.6. The van der Waals surface area contributed by atoms with E-state index in [1.54, 1.807) is 7.11 Å². The molecule has 0 spiro atoms. The van der Waals surface area contributed by atoms with Crippen LogP contribution in [0.3, 0.4) is 0 Å². The van der Waals surface area contributed by atoms with Gasteiger partial charge in [-0.15, -0.1) is 0 Å². The van der Waals surface area contributed by atoms with Gasteiger partial charge in [-0.2, -0.15) is 11.8 Å². The van der Waals surface area contributed by atoms with Gasteiger partial charge in [0.25, 0.3) is 0 Å². The van der Waals surface area contributed by atoms with E-state index >= 15 is 0 Å². The van der Waals surface area contributed by atoms with Crippen molar-refractivity contribution < 1.29 is 19.1 Å². The molecule has 0 saturated carbocycles. The number of hydrogen-bond acceptors (Lipinski definition) is 4. The van der Waals surface area contributed by atoms with E-state index in [1.165, 1.54) is 18.7 Å². The number of amides is 1. The molecule has 0 aliphatic rings. The average molecular weight is 279 g/mol. The smallest absolute Gasteiger partial charge is 0.327 e. The molecular formula is C10H21NO4SSi. The molecule has 0 aromatic carbocycles. The summed E-state index contributed by atoms with van der Waals surface area (Å²) in [7, 11) is 0.152. The lowest BCUT2D eigenvalue weighted by atomic mass is 10.3. The lowest BCUT2D eigenvalue weighted by Gasteiger charge is -2.20. The molecule has 0 fully saturated rings. The first kappa shape index (κ1) is 16.5. The summed E-state index contributed by atoms with van der Waals surface area (Å²) in [5.74, 6) is -0.0555. The lowest BCUT2D eigenvalue weighted by molar-refractivity contribution is -0.140. The standard InChI is InChI=1S/C10H21NO4SSi/c1-8(12)11-9(10(13)14)7-16-5-6-17(3,4)15-2/h9H,5-7H2,1-4H3,(H,11,12)(H,13,14). The van der Waals surface area contributed by atoms with E-state index in [9.17, 15) is 9.59 Å². The summed E-state index contributed by atoms with van der Waals surface area (Å²) >= 11 is 1.53. The summed E-state index contributed by atoms with van der Waals surface area (Å²) in [6.45, 7) is 5.56. The summed E-state index contributed by atoms with van der Waals surface area (Å²) in [6.07, 6.45) is 0. The number of carboxylic acids is 1. The van der Waals surface area contributed by atoms with Gasteiger partial charge in [-0.1, -0.05) is 0 Å². The molecule has 5 nitrogen and oxygen atoms in total. The van der Waals surface area contributed by atoms with E-state index < -0.39 is 20.3 Å². The third kappa shape index (κ3) is 8.23. The molecule has 17 heavy (non-hydrogen) atoms. The van der Waals surface area contributed by atoms with Crippen LogP contribution in [0.4, 0.5) is 0 Å². The van der Waals surface area contributed by atoms with Crippen LogP contribution >= 0.6 is 11.8 Å². The second-order valence-corrected chi connectivity index (χ2v) is 9.96. The maximum absolute atomic E-state index is 10.8. The highest BCUT2D eigenvalue weighted by atomic mass is 32.2. The number of carboxylic acid groups (broad SMARTS) is 1. The zero-order chi connectivity index (χ0) is 13.5. The fourth-order valence-electron chi connectivity index (χ4n) is 1.04. The average Bonchev–Trinajstić information content (AvgIpc) is 2.21. The minimum Gasteiger partial charge on any atom is -0.480 e. The van der Waals surface area contributed by atoms with E-state index in [-0.39, 0.29) is 5.91 Å². The molecule has 0 aromatic heterocycles. The molecule has 0 bridgehead atoms. The van der Waals surface area contributed by atoms with Crippen LogP contribution in [0.5, 0.6) is 0 Å². The zero-order valence-electron chi connectivity index (χ0n) is 10.8. The Morgan fingerprint density at radius 3 is 2.47 bits per heavy atom. The quantitative estimate of drug-likeness (QED) is 0.515. The lowest BCUT2D eigenvalue weighted by Crippen LogP contribution is -2.41. The Balaban J connectivity index is 3.91. The normalized spacial score (nSPS) is 13.2. The van der Waals surface area contributed by atoms with E-state index in [1.807, 2.05) is 0 Å². The van der Waals surface area contributed by atoms with Gasteiger partial charge in [0.15, 0.2) is 8.32 Å². The number of rotatable bonds is 8. The van der Waals surface area contributed by atoms with Crippen LogP contribution in [0.2, 0.25) is 19.1 Å². The third-order valence-corrected chi connectivity index (χ3v) is 6.34. The van der Waals surface area contributed by atoms with Gasteiger partial charge in [-0.3, -0.25) is 4.79 Å². The van der Waals surface area contributed by atoms with Gasteiger partial charge >= 0.3 is 5.97 Å². The van der Waals surface area contributed by atoms with E-state index in [4.69, 9.17) is 9.53 Å². The van der Waals surface area contributed by atoms with Gasteiger partial charge in [0, 0.05) is 19.8 Å². The molecule has 0 radical (unpaired) electrons. The Labute approximate surface area is 107 Å². The SMILES string of the molecule is CO[Si](C)(C)CCSCC(NC(C)=O)C(=O)O. The minimum absolute atomic E-state index is 0.315. The molecule has 0 saturated heterocycles. The number of carbonyl (C=O) groups is 2. The second kappa shape index (κ2) is 7.73. The molecule has 1 atom stereocenters. The van der Waals surface area contributed by atoms with Gasteiger partial charge < -0.3 is 14.8 Å². The summed E-state index contributed by atoms with van der Waals surface area (Å²) < 4.78 is 5.40. The number of carbonyl (C=O) groups excluding carboxylic acids is 1. The third-order valence-electron chi connectivity index (χ3n) is 2.36. The van der Waals surface area contributed by atoms with Crippen LogP contribution in [-0.4, -0.2) is 50.0 Å². The topological polar surface area (TPSA) is 75.6 Å². The molecule has 1 unspecified atom stereocenters. The summed E-state index contributed by atoms with van der Waals surface area (Å²) in [5.41, 5.74) is 0. The van der Waals surface area contributed by atoms with Gasteiger partial charge in [0.05, 0.1) is 0 Å². The molecule has 0 heterocycles. The summed E-state index contributed by atoms with van der Waals surface area (Å²) in [5, 5.41) is 11.3. The maximum atomic E-state index is 10.8.